The molecular formula is C22H18N8O2. The topological polar surface area (TPSA) is 137 Å². The van der Waals surface area contributed by atoms with E-state index in [9.17, 15) is 10.1 Å². The standard InChI is InChI=1S/C22H18N8O2/c23-6-5-22(4-1-9-29(14-22)19-12-26-18(11-27-19)21(31)32)30-13-15(10-28-30)16-2-7-24-20-17(16)3-8-25-20/h1-3,7-13H,4-5,14H2,(H,24,25)(H,31,32). The second kappa shape index (κ2) is 7.63. The minimum absolute atomic E-state index is 0.122. The number of carboxylic acid groups (broad SMARTS) is 1. The van der Waals surface area contributed by atoms with Crippen LogP contribution in [0.15, 0.2) is 61.6 Å². The van der Waals surface area contributed by atoms with Crippen LogP contribution in [-0.2, 0) is 5.54 Å². The number of hydrogen-bond donors (Lipinski definition) is 2. The molecule has 10 heteroatoms. The van der Waals surface area contributed by atoms with Crippen molar-refractivity contribution in [3.63, 3.8) is 0 Å². The van der Waals surface area contributed by atoms with E-state index in [2.05, 4.69) is 31.1 Å². The molecule has 0 bridgehead atoms. The zero-order chi connectivity index (χ0) is 22.1. The van der Waals surface area contributed by atoms with Gasteiger partial charge in [-0.3, -0.25) is 4.68 Å². The van der Waals surface area contributed by atoms with Gasteiger partial charge in [-0.05, 0) is 24.1 Å². The Labute approximate surface area is 182 Å². The molecule has 1 aliphatic rings. The number of carbonyl (C=O) groups is 1. The average Bonchev–Trinajstić information content (AvgIpc) is 3.49. The molecule has 0 saturated carbocycles. The maximum absolute atomic E-state index is 11.1. The lowest BCUT2D eigenvalue weighted by Crippen LogP contribution is -2.46. The number of aromatic amines is 1. The van der Waals surface area contributed by atoms with Crippen molar-refractivity contribution in [3.8, 4) is 17.2 Å². The number of carboxylic acids is 1. The minimum atomic E-state index is -1.13. The zero-order valence-electron chi connectivity index (χ0n) is 16.9. The van der Waals surface area contributed by atoms with E-state index in [0.717, 1.165) is 22.2 Å². The summed E-state index contributed by atoms with van der Waals surface area (Å²) < 4.78 is 1.85. The van der Waals surface area contributed by atoms with Crippen molar-refractivity contribution in [2.24, 2.45) is 0 Å². The number of aromatic nitrogens is 6. The molecule has 32 heavy (non-hydrogen) atoms. The Balaban J connectivity index is 1.49. The Bertz CT molecular complexity index is 1360. The molecule has 158 valence electrons. The van der Waals surface area contributed by atoms with Crippen molar-refractivity contribution < 1.29 is 9.90 Å². The highest BCUT2D eigenvalue weighted by Crippen LogP contribution is 2.34. The number of nitrogens with zero attached hydrogens (tertiary/aromatic N) is 7. The molecule has 5 rings (SSSR count). The monoisotopic (exact) mass is 426 g/mol. The summed E-state index contributed by atoms with van der Waals surface area (Å²) in [4.78, 5) is 28.6. The number of nitriles is 1. The third-order valence-electron chi connectivity index (χ3n) is 5.65. The van der Waals surface area contributed by atoms with Crippen molar-refractivity contribution in [2.75, 3.05) is 11.4 Å². The van der Waals surface area contributed by atoms with E-state index >= 15 is 0 Å². The van der Waals surface area contributed by atoms with Crippen LogP contribution in [0.3, 0.4) is 0 Å². The zero-order valence-corrected chi connectivity index (χ0v) is 16.9. The van der Waals surface area contributed by atoms with Gasteiger partial charge in [0.05, 0.1) is 43.2 Å². The average molecular weight is 426 g/mol. The predicted molar refractivity (Wildman–Crippen MR) is 116 cm³/mol. The Kier molecular flexibility index (Phi) is 4.63. The van der Waals surface area contributed by atoms with Gasteiger partial charge in [-0.25, -0.2) is 19.7 Å². The number of H-pyrrole nitrogens is 1. The molecular weight excluding hydrogens is 408 g/mol. The molecule has 1 atom stereocenters. The Morgan fingerprint density at radius 3 is 2.94 bits per heavy atom. The molecule has 0 aromatic carbocycles. The van der Waals surface area contributed by atoms with Crippen molar-refractivity contribution in [1.82, 2.24) is 29.7 Å². The molecule has 2 N–H and O–H groups in total. The van der Waals surface area contributed by atoms with Gasteiger partial charge in [-0.1, -0.05) is 6.08 Å². The Morgan fingerprint density at radius 2 is 2.16 bits per heavy atom. The van der Waals surface area contributed by atoms with Crippen molar-refractivity contribution in [3.05, 3.63) is 67.3 Å². The van der Waals surface area contributed by atoms with Gasteiger partial charge in [0, 0.05) is 35.7 Å². The Hall–Kier alpha value is -4.52. The summed E-state index contributed by atoms with van der Waals surface area (Å²) in [6.45, 7) is 0.440. The van der Waals surface area contributed by atoms with E-state index in [1.807, 2.05) is 46.4 Å². The lowest BCUT2D eigenvalue weighted by atomic mass is 9.89. The second-order valence-corrected chi connectivity index (χ2v) is 7.61. The first-order valence-electron chi connectivity index (χ1n) is 9.93. The van der Waals surface area contributed by atoms with Gasteiger partial charge >= 0.3 is 5.97 Å². The molecule has 0 amide bonds. The number of anilines is 1. The lowest BCUT2D eigenvalue weighted by molar-refractivity contribution is 0.0690. The molecule has 1 aliphatic heterocycles. The summed E-state index contributed by atoms with van der Waals surface area (Å²) >= 11 is 0. The fourth-order valence-electron chi connectivity index (χ4n) is 4.03. The molecule has 1 unspecified atom stereocenters. The number of nitrogens with one attached hydrogen (secondary N) is 1. The minimum Gasteiger partial charge on any atom is -0.476 e. The summed E-state index contributed by atoms with van der Waals surface area (Å²) in [6.07, 6.45) is 14.7. The fraction of sp³-hybridized carbons (Fsp3) is 0.182. The van der Waals surface area contributed by atoms with Crippen LogP contribution < -0.4 is 4.90 Å². The molecule has 0 aliphatic carbocycles. The Morgan fingerprint density at radius 1 is 1.25 bits per heavy atom. The van der Waals surface area contributed by atoms with Gasteiger partial charge in [-0.2, -0.15) is 10.4 Å². The van der Waals surface area contributed by atoms with Crippen LogP contribution in [0.25, 0.3) is 22.2 Å². The van der Waals surface area contributed by atoms with Crippen LogP contribution in [0.4, 0.5) is 5.82 Å². The van der Waals surface area contributed by atoms with Gasteiger partial charge in [0.25, 0.3) is 0 Å². The van der Waals surface area contributed by atoms with E-state index in [-0.39, 0.29) is 12.1 Å². The maximum Gasteiger partial charge on any atom is 0.356 e. The van der Waals surface area contributed by atoms with Crippen LogP contribution in [-0.4, -0.2) is 47.3 Å². The van der Waals surface area contributed by atoms with Crippen molar-refractivity contribution in [2.45, 2.75) is 18.4 Å². The van der Waals surface area contributed by atoms with Gasteiger partial charge in [-0.15, -0.1) is 0 Å². The van der Waals surface area contributed by atoms with Gasteiger partial charge < -0.3 is 15.0 Å². The van der Waals surface area contributed by atoms with E-state index in [1.165, 1.54) is 12.4 Å². The highest BCUT2D eigenvalue weighted by molar-refractivity contribution is 5.92. The summed E-state index contributed by atoms with van der Waals surface area (Å²) in [7, 11) is 0. The maximum atomic E-state index is 11.1. The summed E-state index contributed by atoms with van der Waals surface area (Å²) in [5.74, 6) is -0.627. The predicted octanol–water partition coefficient (Wildman–Crippen LogP) is 2.95. The first-order valence-corrected chi connectivity index (χ1v) is 9.93. The molecule has 10 nitrogen and oxygen atoms in total. The third-order valence-corrected chi connectivity index (χ3v) is 5.65. The number of rotatable bonds is 5. The largest absolute Gasteiger partial charge is 0.476 e. The van der Waals surface area contributed by atoms with Gasteiger partial charge in [0.15, 0.2) is 11.5 Å². The van der Waals surface area contributed by atoms with Crippen molar-refractivity contribution >= 4 is 22.8 Å². The van der Waals surface area contributed by atoms with Crippen LogP contribution in [0, 0.1) is 11.3 Å². The fourth-order valence-corrected chi connectivity index (χ4v) is 4.03. The van der Waals surface area contributed by atoms with Crippen molar-refractivity contribution in [1.29, 1.82) is 5.26 Å². The molecule has 0 spiro atoms. The second-order valence-electron chi connectivity index (χ2n) is 7.61. The van der Waals surface area contributed by atoms with Crippen LogP contribution in [0.2, 0.25) is 0 Å². The molecule has 4 aromatic rings. The number of hydrogen-bond acceptors (Lipinski definition) is 7. The van der Waals surface area contributed by atoms with Gasteiger partial charge in [0.1, 0.15) is 5.65 Å². The number of aromatic carboxylic acids is 1. The van der Waals surface area contributed by atoms with E-state index < -0.39 is 11.5 Å². The SMILES string of the molecule is N#CCC1(n2cc(-c3ccnc4[nH]ccc34)cn2)CC=CN(c2cnc(C(=O)O)cn2)C1. The number of allylic oxidation sites excluding steroid dienone is 1. The van der Waals surface area contributed by atoms with Crippen LogP contribution >= 0.6 is 0 Å². The molecule has 4 aromatic heterocycles. The van der Waals surface area contributed by atoms with E-state index in [4.69, 9.17) is 5.11 Å². The molecule has 0 saturated heterocycles. The van der Waals surface area contributed by atoms with E-state index in [1.54, 1.807) is 12.4 Å². The van der Waals surface area contributed by atoms with Gasteiger partial charge in [0.2, 0.25) is 0 Å². The number of pyridine rings is 1. The summed E-state index contributed by atoms with van der Waals surface area (Å²) in [6, 6.07) is 6.22. The quantitative estimate of drug-likeness (QED) is 0.497. The summed E-state index contributed by atoms with van der Waals surface area (Å²) in [5, 5.41) is 24.3. The molecule has 0 fully saturated rings. The first kappa shape index (κ1) is 19.4. The molecule has 0 radical (unpaired) electrons. The smallest absolute Gasteiger partial charge is 0.356 e. The van der Waals surface area contributed by atoms with E-state index in [0.29, 0.717) is 18.8 Å². The summed E-state index contributed by atoms with van der Waals surface area (Å²) in [5.41, 5.74) is 2.01. The number of fused-ring (bicyclic) bond motifs is 1. The first-order chi connectivity index (χ1) is 15.6. The van der Waals surface area contributed by atoms with Crippen LogP contribution in [0.1, 0.15) is 23.3 Å². The highest BCUT2D eigenvalue weighted by atomic mass is 16.4. The third kappa shape index (κ3) is 3.26. The lowest BCUT2D eigenvalue weighted by Gasteiger charge is -2.38. The molecule has 5 heterocycles. The van der Waals surface area contributed by atoms with Crippen LogP contribution in [0.5, 0.6) is 0 Å². The highest BCUT2D eigenvalue weighted by Gasteiger charge is 2.37. The normalized spacial score (nSPS) is 18.0.